The smallest absolute Gasteiger partial charge is 0.276 e. The standard InChI is InChI=1S/C10H17N5O2/c1-6(2)3-15(4-7(11)16)9-8(12)10(17)14-5-13-9/h5-6H,3-4,12H2,1-2H3,(H2,11,16)(H,13,14,17). The molecule has 0 saturated heterocycles. The number of amides is 1. The van der Waals surface area contributed by atoms with E-state index in [1.54, 1.807) is 4.90 Å². The minimum absolute atomic E-state index is 0.00519. The average molecular weight is 239 g/mol. The van der Waals surface area contributed by atoms with Gasteiger partial charge < -0.3 is 21.4 Å². The summed E-state index contributed by atoms with van der Waals surface area (Å²) in [4.78, 5) is 30.3. The topological polar surface area (TPSA) is 118 Å². The van der Waals surface area contributed by atoms with Crippen LogP contribution in [-0.2, 0) is 4.79 Å². The molecule has 17 heavy (non-hydrogen) atoms. The van der Waals surface area contributed by atoms with Gasteiger partial charge in [0.2, 0.25) is 5.91 Å². The monoisotopic (exact) mass is 239 g/mol. The molecule has 1 amide bonds. The molecule has 0 saturated carbocycles. The summed E-state index contributed by atoms with van der Waals surface area (Å²) < 4.78 is 0. The highest BCUT2D eigenvalue weighted by atomic mass is 16.1. The lowest BCUT2D eigenvalue weighted by Crippen LogP contribution is -2.38. The zero-order valence-electron chi connectivity index (χ0n) is 9.93. The van der Waals surface area contributed by atoms with Gasteiger partial charge in [0.05, 0.1) is 12.9 Å². The van der Waals surface area contributed by atoms with Gasteiger partial charge in [-0.15, -0.1) is 0 Å². The molecule has 0 unspecified atom stereocenters. The third-order valence-electron chi connectivity index (χ3n) is 2.10. The predicted octanol–water partition coefficient (Wildman–Crippen LogP) is -0.700. The van der Waals surface area contributed by atoms with E-state index in [-0.39, 0.29) is 18.2 Å². The fourth-order valence-electron chi connectivity index (χ4n) is 1.51. The summed E-state index contributed by atoms with van der Waals surface area (Å²) in [5, 5.41) is 0. The van der Waals surface area contributed by atoms with E-state index in [4.69, 9.17) is 11.5 Å². The van der Waals surface area contributed by atoms with E-state index >= 15 is 0 Å². The summed E-state index contributed by atoms with van der Waals surface area (Å²) >= 11 is 0. The highest BCUT2D eigenvalue weighted by Gasteiger charge is 2.16. The van der Waals surface area contributed by atoms with Gasteiger partial charge in [0.1, 0.15) is 5.69 Å². The molecule has 0 aliphatic heterocycles. The number of H-pyrrole nitrogens is 1. The highest BCUT2D eigenvalue weighted by Crippen LogP contribution is 2.16. The van der Waals surface area contributed by atoms with Gasteiger partial charge >= 0.3 is 0 Å². The first-order chi connectivity index (χ1) is 7.91. The van der Waals surface area contributed by atoms with Crippen molar-refractivity contribution in [1.29, 1.82) is 0 Å². The molecule has 0 aliphatic carbocycles. The Morgan fingerprint density at radius 2 is 2.24 bits per heavy atom. The summed E-state index contributed by atoms with van der Waals surface area (Å²) in [5.74, 6) is 0.0863. The van der Waals surface area contributed by atoms with Crippen LogP contribution in [0.25, 0.3) is 0 Å². The Hall–Kier alpha value is -2.05. The second-order valence-corrected chi connectivity index (χ2v) is 4.21. The van der Waals surface area contributed by atoms with Gasteiger partial charge in [0.25, 0.3) is 5.56 Å². The van der Waals surface area contributed by atoms with E-state index < -0.39 is 11.5 Å². The Morgan fingerprint density at radius 3 is 2.76 bits per heavy atom. The maximum Gasteiger partial charge on any atom is 0.276 e. The van der Waals surface area contributed by atoms with Crippen molar-refractivity contribution in [1.82, 2.24) is 9.97 Å². The molecule has 0 atom stereocenters. The quantitative estimate of drug-likeness (QED) is 0.628. The highest BCUT2D eigenvalue weighted by molar-refractivity contribution is 5.80. The average Bonchev–Trinajstić information content (AvgIpc) is 2.19. The predicted molar refractivity (Wildman–Crippen MR) is 65.5 cm³/mol. The SMILES string of the molecule is CC(C)CN(CC(N)=O)c1nc[nH]c(=O)c1N. The van der Waals surface area contributed by atoms with Crippen LogP contribution >= 0.6 is 0 Å². The van der Waals surface area contributed by atoms with E-state index in [1.807, 2.05) is 13.8 Å². The molecule has 7 heteroatoms. The number of nitrogen functional groups attached to an aromatic ring is 1. The van der Waals surface area contributed by atoms with Crippen LogP contribution < -0.4 is 21.9 Å². The van der Waals surface area contributed by atoms with Crippen molar-refractivity contribution < 1.29 is 4.79 Å². The van der Waals surface area contributed by atoms with Crippen LogP contribution in [0.15, 0.2) is 11.1 Å². The van der Waals surface area contributed by atoms with Crippen molar-refractivity contribution in [3.05, 3.63) is 16.7 Å². The molecule has 1 aromatic rings. The number of rotatable bonds is 5. The maximum absolute atomic E-state index is 11.4. The first kappa shape index (κ1) is 13.0. The van der Waals surface area contributed by atoms with E-state index in [9.17, 15) is 9.59 Å². The summed E-state index contributed by atoms with van der Waals surface area (Å²) in [6.07, 6.45) is 1.25. The van der Waals surface area contributed by atoms with Crippen LogP contribution in [0, 0.1) is 5.92 Å². The molecule has 0 radical (unpaired) electrons. The van der Waals surface area contributed by atoms with Gasteiger partial charge in [0.15, 0.2) is 5.82 Å². The van der Waals surface area contributed by atoms with E-state index in [1.165, 1.54) is 6.33 Å². The number of carbonyl (C=O) groups excluding carboxylic acids is 1. The van der Waals surface area contributed by atoms with Gasteiger partial charge in [-0.25, -0.2) is 4.98 Å². The summed E-state index contributed by atoms with van der Waals surface area (Å²) in [6, 6.07) is 0. The molecule has 5 N–H and O–H groups in total. The Labute approximate surface area is 98.8 Å². The normalized spacial score (nSPS) is 10.5. The maximum atomic E-state index is 11.4. The lowest BCUT2D eigenvalue weighted by molar-refractivity contribution is -0.116. The van der Waals surface area contributed by atoms with E-state index in [0.29, 0.717) is 12.4 Å². The number of hydrogen-bond acceptors (Lipinski definition) is 5. The van der Waals surface area contributed by atoms with Gasteiger partial charge in [0, 0.05) is 6.54 Å². The number of nitrogens with zero attached hydrogens (tertiary/aromatic N) is 2. The van der Waals surface area contributed by atoms with Crippen molar-refractivity contribution in [3.63, 3.8) is 0 Å². The summed E-state index contributed by atoms with van der Waals surface area (Å²) in [7, 11) is 0. The lowest BCUT2D eigenvalue weighted by atomic mass is 10.2. The fraction of sp³-hybridized carbons (Fsp3) is 0.500. The van der Waals surface area contributed by atoms with Crippen molar-refractivity contribution in [2.45, 2.75) is 13.8 Å². The van der Waals surface area contributed by atoms with Crippen LogP contribution in [-0.4, -0.2) is 29.0 Å². The van der Waals surface area contributed by atoms with Gasteiger partial charge in [-0.3, -0.25) is 9.59 Å². The van der Waals surface area contributed by atoms with Crippen molar-refractivity contribution in [2.24, 2.45) is 11.7 Å². The Kier molecular flexibility index (Phi) is 4.08. The molecular weight excluding hydrogens is 222 g/mol. The van der Waals surface area contributed by atoms with Gasteiger partial charge in [-0.05, 0) is 5.92 Å². The molecule has 0 fully saturated rings. The van der Waals surface area contributed by atoms with Crippen LogP contribution in [0.4, 0.5) is 11.5 Å². The van der Waals surface area contributed by atoms with Crippen LogP contribution in [0.1, 0.15) is 13.8 Å². The Bertz CT molecular complexity index is 454. The number of hydrogen-bond donors (Lipinski definition) is 3. The number of anilines is 2. The number of nitrogens with one attached hydrogen (secondary N) is 1. The molecule has 0 aromatic carbocycles. The molecular formula is C10H17N5O2. The second-order valence-electron chi connectivity index (χ2n) is 4.21. The first-order valence-corrected chi connectivity index (χ1v) is 5.28. The molecule has 1 aromatic heterocycles. The van der Waals surface area contributed by atoms with E-state index in [0.717, 1.165) is 0 Å². The van der Waals surface area contributed by atoms with Crippen molar-refractivity contribution in [2.75, 3.05) is 23.7 Å². The third-order valence-corrected chi connectivity index (χ3v) is 2.10. The summed E-state index contributed by atoms with van der Waals surface area (Å²) in [6.45, 7) is 4.50. The zero-order valence-corrected chi connectivity index (χ0v) is 9.93. The van der Waals surface area contributed by atoms with Gasteiger partial charge in [-0.2, -0.15) is 0 Å². The first-order valence-electron chi connectivity index (χ1n) is 5.28. The Balaban J connectivity index is 3.07. The van der Waals surface area contributed by atoms with Crippen LogP contribution in [0.2, 0.25) is 0 Å². The van der Waals surface area contributed by atoms with E-state index in [2.05, 4.69) is 9.97 Å². The minimum Gasteiger partial charge on any atom is -0.391 e. The summed E-state index contributed by atoms with van der Waals surface area (Å²) in [5.41, 5.74) is 10.4. The Morgan fingerprint density at radius 1 is 1.59 bits per heavy atom. The lowest BCUT2D eigenvalue weighted by Gasteiger charge is -2.24. The molecule has 0 aliphatic rings. The number of aromatic nitrogens is 2. The number of primary amides is 1. The molecule has 94 valence electrons. The fourth-order valence-corrected chi connectivity index (χ4v) is 1.51. The van der Waals surface area contributed by atoms with Crippen LogP contribution in [0.5, 0.6) is 0 Å². The number of nitrogens with two attached hydrogens (primary N) is 2. The van der Waals surface area contributed by atoms with Crippen molar-refractivity contribution in [3.8, 4) is 0 Å². The zero-order chi connectivity index (χ0) is 13.0. The molecule has 1 rings (SSSR count). The number of aromatic amines is 1. The molecule has 0 spiro atoms. The minimum atomic E-state index is -0.493. The third kappa shape index (κ3) is 3.47. The molecule has 7 nitrogen and oxygen atoms in total. The van der Waals surface area contributed by atoms with Crippen LogP contribution in [0.3, 0.4) is 0 Å². The van der Waals surface area contributed by atoms with Gasteiger partial charge in [-0.1, -0.05) is 13.8 Å². The van der Waals surface area contributed by atoms with Crippen molar-refractivity contribution >= 4 is 17.4 Å². The largest absolute Gasteiger partial charge is 0.391 e. The second kappa shape index (κ2) is 5.33. The number of carbonyl (C=O) groups is 1. The molecule has 0 bridgehead atoms. The molecule has 1 heterocycles.